The van der Waals surface area contributed by atoms with E-state index < -0.39 is 16.7 Å². The van der Waals surface area contributed by atoms with Crippen molar-refractivity contribution in [3.05, 3.63) is 34.4 Å². The number of likely N-dealkylation sites (tertiary alicyclic amines) is 1. The van der Waals surface area contributed by atoms with Gasteiger partial charge in [0.1, 0.15) is 5.69 Å². The number of carbonyl (C=O) groups is 2. The zero-order valence-corrected chi connectivity index (χ0v) is 11.7. The third-order valence-corrected chi connectivity index (χ3v) is 3.49. The van der Waals surface area contributed by atoms with E-state index in [0.29, 0.717) is 19.0 Å². The molecule has 7 nitrogen and oxygen atoms in total. The zero-order valence-electron chi connectivity index (χ0n) is 11.7. The molecule has 1 aliphatic heterocycles. The highest BCUT2D eigenvalue weighted by Crippen LogP contribution is 2.23. The zero-order chi connectivity index (χ0) is 15.4. The third kappa shape index (κ3) is 3.56. The summed E-state index contributed by atoms with van der Waals surface area (Å²) in [6.45, 7) is 3.12. The van der Waals surface area contributed by atoms with Crippen LogP contribution in [0.1, 0.15) is 19.8 Å². The van der Waals surface area contributed by atoms with Crippen LogP contribution in [-0.4, -0.2) is 34.7 Å². The van der Waals surface area contributed by atoms with Crippen LogP contribution in [-0.2, 0) is 9.59 Å². The first-order valence-electron chi connectivity index (χ1n) is 6.82. The maximum absolute atomic E-state index is 12.1. The van der Waals surface area contributed by atoms with Crippen LogP contribution in [0.3, 0.4) is 0 Å². The molecule has 1 N–H and O–H groups in total. The van der Waals surface area contributed by atoms with Gasteiger partial charge in [0.05, 0.1) is 4.92 Å². The first-order chi connectivity index (χ1) is 9.99. The summed E-state index contributed by atoms with van der Waals surface area (Å²) in [4.78, 5) is 35.8. The Labute approximate surface area is 122 Å². The summed E-state index contributed by atoms with van der Waals surface area (Å²) in [5, 5.41) is 13.2. The Morgan fingerprint density at radius 2 is 2.10 bits per heavy atom. The second-order valence-corrected chi connectivity index (χ2v) is 5.23. The standard InChI is InChI=1S/C14H17N3O4/c1-10-5-4-8-16(9-10)14(19)13(18)15-11-6-2-3-7-12(11)17(20)21/h2-3,6-7,10H,4-5,8-9H2,1H3,(H,15,18). The van der Waals surface area contributed by atoms with E-state index in [2.05, 4.69) is 5.32 Å². The Hall–Kier alpha value is -2.44. The molecule has 0 saturated carbocycles. The molecule has 7 heteroatoms. The van der Waals surface area contributed by atoms with Crippen molar-refractivity contribution in [2.45, 2.75) is 19.8 Å². The Bertz CT molecular complexity index is 573. The molecule has 0 aliphatic carbocycles. The normalized spacial score (nSPS) is 18.1. The summed E-state index contributed by atoms with van der Waals surface area (Å²) < 4.78 is 0. The van der Waals surface area contributed by atoms with E-state index in [4.69, 9.17) is 0 Å². The third-order valence-electron chi connectivity index (χ3n) is 3.49. The van der Waals surface area contributed by atoms with E-state index in [0.717, 1.165) is 12.8 Å². The fourth-order valence-corrected chi connectivity index (χ4v) is 2.43. The number of hydrogen-bond donors (Lipinski definition) is 1. The highest BCUT2D eigenvalue weighted by Gasteiger charge is 2.27. The van der Waals surface area contributed by atoms with Gasteiger partial charge in [-0.05, 0) is 24.8 Å². The second-order valence-electron chi connectivity index (χ2n) is 5.23. The van der Waals surface area contributed by atoms with Crippen molar-refractivity contribution < 1.29 is 14.5 Å². The van der Waals surface area contributed by atoms with Gasteiger partial charge in [-0.2, -0.15) is 0 Å². The smallest absolute Gasteiger partial charge is 0.314 e. The van der Waals surface area contributed by atoms with Crippen molar-refractivity contribution in [3.63, 3.8) is 0 Å². The predicted molar refractivity (Wildman–Crippen MR) is 76.7 cm³/mol. The van der Waals surface area contributed by atoms with Gasteiger partial charge in [-0.25, -0.2) is 0 Å². The van der Waals surface area contributed by atoms with Gasteiger partial charge in [0.15, 0.2) is 0 Å². The molecule has 1 aromatic carbocycles. The van der Waals surface area contributed by atoms with Gasteiger partial charge in [0.25, 0.3) is 5.69 Å². The highest BCUT2D eigenvalue weighted by molar-refractivity contribution is 6.39. The molecule has 1 fully saturated rings. The molecule has 2 amide bonds. The Morgan fingerprint density at radius 1 is 1.38 bits per heavy atom. The van der Waals surface area contributed by atoms with E-state index in [9.17, 15) is 19.7 Å². The molecule has 0 radical (unpaired) electrons. The average Bonchev–Trinajstić information content (AvgIpc) is 2.46. The number of amides is 2. The summed E-state index contributed by atoms with van der Waals surface area (Å²) in [5.41, 5.74) is -0.198. The topological polar surface area (TPSA) is 92.6 Å². The first-order valence-corrected chi connectivity index (χ1v) is 6.82. The van der Waals surface area contributed by atoms with Crippen LogP contribution >= 0.6 is 0 Å². The lowest BCUT2D eigenvalue weighted by Gasteiger charge is -2.30. The van der Waals surface area contributed by atoms with Crippen molar-refractivity contribution in [3.8, 4) is 0 Å². The van der Waals surface area contributed by atoms with Crippen molar-refractivity contribution in [2.75, 3.05) is 18.4 Å². The van der Waals surface area contributed by atoms with Gasteiger partial charge in [-0.3, -0.25) is 19.7 Å². The fourth-order valence-electron chi connectivity index (χ4n) is 2.43. The molecule has 1 aromatic rings. The number of nitro groups is 1. The molecular weight excluding hydrogens is 274 g/mol. The fraction of sp³-hybridized carbons (Fsp3) is 0.429. The molecule has 0 bridgehead atoms. The second kappa shape index (κ2) is 6.34. The average molecular weight is 291 g/mol. The van der Waals surface area contributed by atoms with Crippen molar-refractivity contribution in [1.82, 2.24) is 4.90 Å². The number of nitrogens with zero attached hydrogens (tertiary/aromatic N) is 2. The minimum atomic E-state index is -0.835. The minimum Gasteiger partial charge on any atom is -0.334 e. The number of carbonyl (C=O) groups excluding carboxylic acids is 2. The number of hydrogen-bond acceptors (Lipinski definition) is 4. The Morgan fingerprint density at radius 3 is 2.76 bits per heavy atom. The maximum Gasteiger partial charge on any atom is 0.314 e. The summed E-state index contributed by atoms with van der Waals surface area (Å²) in [5.74, 6) is -1.11. The number of para-hydroxylation sites is 2. The lowest BCUT2D eigenvalue weighted by atomic mass is 10.0. The van der Waals surface area contributed by atoms with E-state index in [1.807, 2.05) is 6.92 Å². The number of rotatable bonds is 2. The Balaban J connectivity index is 2.07. The molecule has 1 aliphatic rings. The van der Waals surface area contributed by atoms with Gasteiger partial charge in [-0.1, -0.05) is 19.1 Å². The summed E-state index contributed by atoms with van der Waals surface area (Å²) in [6, 6.07) is 5.75. The van der Waals surface area contributed by atoms with Crippen LogP contribution in [0.4, 0.5) is 11.4 Å². The highest BCUT2D eigenvalue weighted by atomic mass is 16.6. The maximum atomic E-state index is 12.1. The number of nitrogens with one attached hydrogen (secondary N) is 1. The summed E-state index contributed by atoms with van der Waals surface area (Å²) >= 11 is 0. The largest absolute Gasteiger partial charge is 0.334 e. The molecule has 1 unspecified atom stereocenters. The molecule has 2 rings (SSSR count). The molecule has 1 atom stereocenters. The van der Waals surface area contributed by atoms with Crippen molar-refractivity contribution in [2.24, 2.45) is 5.92 Å². The number of nitro benzene ring substituents is 1. The number of piperidine rings is 1. The van der Waals surface area contributed by atoms with Crippen LogP contribution in [0.15, 0.2) is 24.3 Å². The molecule has 1 heterocycles. The van der Waals surface area contributed by atoms with E-state index >= 15 is 0 Å². The van der Waals surface area contributed by atoms with E-state index in [1.54, 1.807) is 6.07 Å². The lowest BCUT2D eigenvalue weighted by molar-refractivity contribution is -0.383. The van der Waals surface area contributed by atoms with Gasteiger partial charge in [0.2, 0.25) is 0 Å². The number of anilines is 1. The molecule has 0 aromatic heterocycles. The lowest BCUT2D eigenvalue weighted by Crippen LogP contribution is -2.44. The van der Waals surface area contributed by atoms with Crippen molar-refractivity contribution in [1.29, 1.82) is 0 Å². The van der Waals surface area contributed by atoms with Gasteiger partial charge < -0.3 is 10.2 Å². The molecule has 112 valence electrons. The van der Waals surface area contributed by atoms with E-state index in [1.165, 1.54) is 23.1 Å². The molecular formula is C14H17N3O4. The minimum absolute atomic E-state index is 0.0332. The van der Waals surface area contributed by atoms with Crippen LogP contribution in [0.2, 0.25) is 0 Å². The summed E-state index contributed by atoms with van der Waals surface area (Å²) in [7, 11) is 0. The SMILES string of the molecule is CC1CCCN(C(=O)C(=O)Nc2ccccc2[N+](=O)[O-])C1. The van der Waals surface area contributed by atoms with Crippen LogP contribution in [0, 0.1) is 16.0 Å². The number of benzene rings is 1. The predicted octanol–water partition coefficient (Wildman–Crippen LogP) is 1.79. The van der Waals surface area contributed by atoms with Crippen LogP contribution in [0.5, 0.6) is 0 Å². The van der Waals surface area contributed by atoms with Crippen molar-refractivity contribution >= 4 is 23.2 Å². The quantitative estimate of drug-likeness (QED) is 0.511. The van der Waals surface area contributed by atoms with Gasteiger partial charge in [0, 0.05) is 19.2 Å². The molecule has 1 saturated heterocycles. The molecule has 0 spiro atoms. The van der Waals surface area contributed by atoms with E-state index in [-0.39, 0.29) is 11.4 Å². The monoisotopic (exact) mass is 291 g/mol. The summed E-state index contributed by atoms with van der Waals surface area (Å²) in [6.07, 6.45) is 1.90. The van der Waals surface area contributed by atoms with Gasteiger partial charge >= 0.3 is 11.8 Å². The van der Waals surface area contributed by atoms with Crippen LogP contribution in [0.25, 0.3) is 0 Å². The van der Waals surface area contributed by atoms with Crippen LogP contribution < -0.4 is 5.32 Å². The Kier molecular flexibility index (Phi) is 4.52. The first kappa shape index (κ1) is 15.0. The van der Waals surface area contributed by atoms with Gasteiger partial charge in [-0.15, -0.1) is 0 Å². The molecule has 21 heavy (non-hydrogen) atoms.